The molecular formula is C14H12ClN3O. The van der Waals surface area contributed by atoms with Crippen LogP contribution < -0.4 is 5.56 Å². The first-order valence-corrected chi connectivity index (χ1v) is 6.29. The minimum atomic E-state index is -0.0734. The van der Waals surface area contributed by atoms with Crippen LogP contribution in [0.25, 0.3) is 16.8 Å². The number of benzene rings is 1. The number of H-pyrrole nitrogens is 1. The topological polar surface area (TPSA) is 50.2 Å². The van der Waals surface area contributed by atoms with Gasteiger partial charge in [0.2, 0.25) is 0 Å². The Labute approximate surface area is 114 Å². The van der Waals surface area contributed by atoms with E-state index in [1.165, 1.54) is 4.52 Å². The van der Waals surface area contributed by atoms with Gasteiger partial charge in [0.05, 0.1) is 0 Å². The van der Waals surface area contributed by atoms with E-state index in [1.54, 1.807) is 13.1 Å². The SMILES string of the molecule is Cc1nc2c(-c3cccc(Cl)c3)c[nH]n2c(=O)c1C. The molecule has 2 aromatic heterocycles. The van der Waals surface area contributed by atoms with Crippen LogP contribution >= 0.6 is 11.6 Å². The molecule has 0 fully saturated rings. The molecule has 3 aromatic rings. The van der Waals surface area contributed by atoms with Gasteiger partial charge in [-0.2, -0.15) is 0 Å². The number of aromatic nitrogens is 3. The fourth-order valence-electron chi connectivity index (χ4n) is 2.07. The molecule has 4 nitrogen and oxygen atoms in total. The van der Waals surface area contributed by atoms with E-state index in [0.717, 1.165) is 16.8 Å². The van der Waals surface area contributed by atoms with Crippen LogP contribution in [0.1, 0.15) is 11.3 Å². The number of hydrogen-bond donors (Lipinski definition) is 1. The van der Waals surface area contributed by atoms with Gasteiger partial charge in [0, 0.05) is 28.0 Å². The summed E-state index contributed by atoms with van der Waals surface area (Å²) in [6.07, 6.45) is 1.77. The lowest BCUT2D eigenvalue weighted by atomic mass is 10.1. The molecule has 0 saturated carbocycles. The zero-order chi connectivity index (χ0) is 13.6. The number of aromatic amines is 1. The molecule has 0 amide bonds. The Morgan fingerprint density at radius 2 is 2.11 bits per heavy atom. The van der Waals surface area contributed by atoms with Crippen LogP contribution in [0.3, 0.4) is 0 Å². The Kier molecular flexibility index (Phi) is 2.68. The minimum Gasteiger partial charge on any atom is -0.296 e. The predicted octanol–water partition coefficient (Wildman–Crippen LogP) is 2.96. The molecule has 0 saturated heterocycles. The number of nitrogens with one attached hydrogen (secondary N) is 1. The Balaban J connectivity index is 2.35. The van der Waals surface area contributed by atoms with Crippen LogP contribution in [0.15, 0.2) is 35.3 Å². The zero-order valence-corrected chi connectivity index (χ0v) is 11.3. The summed E-state index contributed by atoms with van der Waals surface area (Å²) in [5.74, 6) is 0. The molecule has 1 aromatic carbocycles. The average Bonchev–Trinajstić information content (AvgIpc) is 2.80. The monoisotopic (exact) mass is 273 g/mol. The first-order chi connectivity index (χ1) is 9.08. The zero-order valence-electron chi connectivity index (χ0n) is 10.6. The van der Waals surface area contributed by atoms with E-state index >= 15 is 0 Å². The van der Waals surface area contributed by atoms with E-state index < -0.39 is 0 Å². The number of nitrogens with zero attached hydrogens (tertiary/aromatic N) is 2. The van der Waals surface area contributed by atoms with Crippen molar-refractivity contribution in [2.24, 2.45) is 0 Å². The van der Waals surface area contributed by atoms with E-state index in [-0.39, 0.29) is 5.56 Å². The molecule has 2 heterocycles. The fraction of sp³-hybridized carbons (Fsp3) is 0.143. The summed E-state index contributed by atoms with van der Waals surface area (Å²) in [5, 5.41) is 3.60. The standard InChI is InChI=1S/C14H12ClN3O/c1-8-9(2)17-13-12(7-16-18(13)14(8)19)10-4-3-5-11(15)6-10/h3-7,16H,1-2H3. The van der Waals surface area contributed by atoms with Crippen molar-refractivity contribution in [1.29, 1.82) is 0 Å². The third kappa shape index (κ3) is 1.85. The molecule has 96 valence electrons. The van der Waals surface area contributed by atoms with Crippen LogP contribution in [0.4, 0.5) is 0 Å². The van der Waals surface area contributed by atoms with Gasteiger partial charge in [0.25, 0.3) is 5.56 Å². The van der Waals surface area contributed by atoms with Crippen molar-refractivity contribution in [3.8, 4) is 11.1 Å². The molecule has 0 aliphatic carbocycles. The third-order valence-corrected chi connectivity index (χ3v) is 3.50. The van der Waals surface area contributed by atoms with E-state index in [9.17, 15) is 4.79 Å². The molecule has 0 unspecified atom stereocenters. The highest BCUT2D eigenvalue weighted by Crippen LogP contribution is 2.25. The van der Waals surface area contributed by atoms with Crippen LogP contribution in [0.2, 0.25) is 5.02 Å². The maximum absolute atomic E-state index is 12.1. The molecule has 0 radical (unpaired) electrons. The Morgan fingerprint density at radius 1 is 1.32 bits per heavy atom. The van der Waals surface area contributed by atoms with Crippen LogP contribution in [0, 0.1) is 13.8 Å². The molecule has 19 heavy (non-hydrogen) atoms. The van der Waals surface area contributed by atoms with E-state index in [2.05, 4.69) is 10.1 Å². The van der Waals surface area contributed by atoms with Crippen molar-refractivity contribution in [3.05, 3.63) is 57.1 Å². The summed E-state index contributed by atoms with van der Waals surface area (Å²) >= 11 is 6.00. The molecule has 0 aliphatic heterocycles. The highest BCUT2D eigenvalue weighted by molar-refractivity contribution is 6.30. The minimum absolute atomic E-state index is 0.0734. The number of halogens is 1. The summed E-state index contributed by atoms with van der Waals surface area (Å²) in [4.78, 5) is 16.6. The average molecular weight is 274 g/mol. The molecule has 3 rings (SSSR count). The van der Waals surface area contributed by atoms with Crippen LogP contribution in [-0.4, -0.2) is 14.6 Å². The van der Waals surface area contributed by atoms with Crippen molar-refractivity contribution in [2.75, 3.05) is 0 Å². The van der Waals surface area contributed by atoms with Crippen molar-refractivity contribution in [2.45, 2.75) is 13.8 Å². The molecule has 0 spiro atoms. The quantitative estimate of drug-likeness (QED) is 0.741. The molecule has 5 heteroatoms. The highest BCUT2D eigenvalue weighted by Gasteiger charge is 2.12. The predicted molar refractivity (Wildman–Crippen MR) is 75.7 cm³/mol. The first kappa shape index (κ1) is 12.0. The first-order valence-electron chi connectivity index (χ1n) is 5.91. The molecule has 0 bridgehead atoms. The second kappa shape index (κ2) is 4.24. The van der Waals surface area contributed by atoms with Crippen molar-refractivity contribution in [3.63, 3.8) is 0 Å². The van der Waals surface area contributed by atoms with Gasteiger partial charge < -0.3 is 0 Å². The number of fused-ring (bicyclic) bond motifs is 1. The Bertz CT molecular complexity index is 832. The van der Waals surface area contributed by atoms with Gasteiger partial charge in [0.15, 0.2) is 5.65 Å². The number of hydrogen-bond acceptors (Lipinski definition) is 2. The summed E-state index contributed by atoms with van der Waals surface area (Å²) in [6, 6.07) is 7.48. The molecule has 1 N–H and O–H groups in total. The summed E-state index contributed by atoms with van der Waals surface area (Å²) in [6.45, 7) is 3.61. The van der Waals surface area contributed by atoms with Crippen molar-refractivity contribution in [1.82, 2.24) is 14.6 Å². The van der Waals surface area contributed by atoms with E-state index in [1.807, 2.05) is 31.2 Å². The largest absolute Gasteiger partial charge is 0.296 e. The normalized spacial score (nSPS) is 11.1. The van der Waals surface area contributed by atoms with Gasteiger partial charge in [-0.25, -0.2) is 9.50 Å². The van der Waals surface area contributed by atoms with Gasteiger partial charge >= 0.3 is 0 Å². The maximum Gasteiger partial charge on any atom is 0.275 e. The van der Waals surface area contributed by atoms with Crippen molar-refractivity contribution >= 4 is 17.2 Å². The lowest BCUT2D eigenvalue weighted by Gasteiger charge is -2.02. The smallest absolute Gasteiger partial charge is 0.275 e. The van der Waals surface area contributed by atoms with Gasteiger partial charge in [-0.05, 0) is 31.5 Å². The van der Waals surface area contributed by atoms with Crippen LogP contribution in [0.5, 0.6) is 0 Å². The Morgan fingerprint density at radius 3 is 2.84 bits per heavy atom. The lowest BCUT2D eigenvalue weighted by molar-refractivity contribution is 0.873. The molecule has 0 aliphatic rings. The van der Waals surface area contributed by atoms with E-state index in [0.29, 0.717) is 16.2 Å². The van der Waals surface area contributed by atoms with Crippen molar-refractivity contribution < 1.29 is 0 Å². The number of aryl methyl sites for hydroxylation is 1. The van der Waals surface area contributed by atoms with Gasteiger partial charge in [0.1, 0.15) is 0 Å². The second-order valence-electron chi connectivity index (χ2n) is 4.48. The summed E-state index contributed by atoms with van der Waals surface area (Å²) in [7, 11) is 0. The maximum atomic E-state index is 12.1. The number of rotatable bonds is 1. The highest BCUT2D eigenvalue weighted by atomic mass is 35.5. The third-order valence-electron chi connectivity index (χ3n) is 3.27. The summed E-state index contributed by atoms with van der Waals surface area (Å²) < 4.78 is 1.46. The molecule has 0 atom stereocenters. The van der Waals surface area contributed by atoms with E-state index in [4.69, 9.17) is 11.6 Å². The lowest BCUT2D eigenvalue weighted by Crippen LogP contribution is -2.19. The van der Waals surface area contributed by atoms with Crippen LogP contribution in [-0.2, 0) is 0 Å². The second-order valence-corrected chi connectivity index (χ2v) is 4.92. The fourth-order valence-corrected chi connectivity index (χ4v) is 2.26. The van der Waals surface area contributed by atoms with Gasteiger partial charge in [-0.3, -0.25) is 9.89 Å². The summed E-state index contributed by atoms with van der Waals surface area (Å²) in [5.41, 5.74) is 3.74. The Hall–Kier alpha value is -2.07. The van der Waals surface area contributed by atoms with Gasteiger partial charge in [-0.15, -0.1) is 0 Å². The van der Waals surface area contributed by atoms with Gasteiger partial charge in [-0.1, -0.05) is 23.7 Å². The molecular weight excluding hydrogens is 262 g/mol.